The number of imidazole rings is 1. The molecule has 2 aromatic heterocycles. The fourth-order valence-electron chi connectivity index (χ4n) is 5.40. The smallest absolute Gasteiger partial charge is 0.276 e. The normalized spacial score (nSPS) is 26.8. The quantitative estimate of drug-likeness (QED) is 0.765. The molecule has 3 aliphatic carbocycles. The van der Waals surface area contributed by atoms with E-state index in [0.29, 0.717) is 30.1 Å². The Bertz CT molecular complexity index is 1080. The van der Waals surface area contributed by atoms with E-state index in [1.807, 2.05) is 15.5 Å². The summed E-state index contributed by atoms with van der Waals surface area (Å²) in [5.41, 5.74) is 3.54. The first kappa shape index (κ1) is 20.5. The maximum absolute atomic E-state index is 13.4. The third kappa shape index (κ3) is 3.59. The van der Waals surface area contributed by atoms with Crippen LogP contribution in [-0.4, -0.2) is 67.9 Å². The van der Waals surface area contributed by atoms with Gasteiger partial charge in [-0.25, -0.2) is 4.98 Å². The second-order valence-corrected chi connectivity index (χ2v) is 10.4. The lowest BCUT2D eigenvalue weighted by atomic mass is 9.91. The van der Waals surface area contributed by atoms with Crippen LogP contribution in [0.3, 0.4) is 0 Å². The van der Waals surface area contributed by atoms with Gasteiger partial charge in [0.25, 0.3) is 5.91 Å². The van der Waals surface area contributed by atoms with Crippen molar-refractivity contribution >= 4 is 29.1 Å². The van der Waals surface area contributed by atoms with Crippen molar-refractivity contribution in [3.8, 4) is 0 Å². The van der Waals surface area contributed by atoms with Gasteiger partial charge in [0, 0.05) is 25.3 Å². The van der Waals surface area contributed by atoms with Crippen LogP contribution in [0.5, 0.6) is 0 Å². The number of aromatic nitrogens is 2. The van der Waals surface area contributed by atoms with Crippen molar-refractivity contribution in [1.29, 1.82) is 0 Å². The molecule has 3 saturated carbocycles. The van der Waals surface area contributed by atoms with Crippen LogP contribution >= 0.6 is 11.6 Å². The van der Waals surface area contributed by atoms with Crippen LogP contribution in [-0.2, 0) is 4.79 Å². The van der Waals surface area contributed by atoms with Gasteiger partial charge in [0.2, 0.25) is 5.91 Å². The molecule has 8 heteroatoms. The van der Waals surface area contributed by atoms with Gasteiger partial charge < -0.3 is 14.9 Å². The zero-order valence-electron chi connectivity index (χ0n) is 18.2. The number of carbonyl (C=O) groups excluding carboxylic acids is 2. The summed E-state index contributed by atoms with van der Waals surface area (Å²) in [6, 6.07) is 2.44. The second kappa shape index (κ2) is 7.73. The van der Waals surface area contributed by atoms with Crippen molar-refractivity contribution in [3.63, 3.8) is 0 Å². The molecule has 0 spiro atoms. The minimum atomic E-state index is -0.263. The standard InChI is InChI=1S/C24H29ClN4O3/c25-22-21(26-23-19(15-3-4-15)11-16(12-29(22)23)14-1-2-14)24(32)27-9-10-28(20(31)13-27)17-5-7-18(30)8-6-17/h11-12,14-15,17-18,30H,1-10,13H2. The van der Waals surface area contributed by atoms with Gasteiger partial charge in [-0.15, -0.1) is 0 Å². The first-order chi connectivity index (χ1) is 15.5. The number of hydrogen-bond acceptors (Lipinski definition) is 4. The molecule has 32 heavy (non-hydrogen) atoms. The van der Waals surface area contributed by atoms with Crippen molar-refractivity contribution in [3.05, 3.63) is 34.2 Å². The largest absolute Gasteiger partial charge is 0.393 e. The highest BCUT2D eigenvalue weighted by molar-refractivity contribution is 6.33. The summed E-state index contributed by atoms with van der Waals surface area (Å²) in [5.74, 6) is 0.818. The topological polar surface area (TPSA) is 78.2 Å². The summed E-state index contributed by atoms with van der Waals surface area (Å²) < 4.78 is 1.89. The highest BCUT2D eigenvalue weighted by Gasteiger charge is 2.36. The van der Waals surface area contributed by atoms with Crippen LogP contribution in [0.15, 0.2) is 12.3 Å². The predicted octanol–water partition coefficient (Wildman–Crippen LogP) is 3.33. The lowest BCUT2D eigenvalue weighted by molar-refractivity contribution is -0.138. The van der Waals surface area contributed by atoms with Gasteiger partial charge in [-0.3, -0.25) is 14.0 Å². The third-order valence-corrected chi connectivity index (χ3v) is 7.99. The molecule has 7 nitrogen and oxygen atoms in total. The molecule has 3 heterocycles. The van der Waals surface area contributed by atoms with E-state index >= 15 is 0 Å². The van der Waals surface area contributed by atoms with Crippen molar-refractivity contribution in [1.82, 2.24) is 19.2 Å². The first-order valence-corrected chi connectivity index (χ1v) is 12.4. The Hall–Kier alpha value is -2.12. The van der Waals surface area contributed by atoms with E-state index in [-0.39, 0.29) is 36.2 Å². The Labute approximate surface area is 192 Å². The lowest BCUT2D eigenvalue weighted by Gasteiger charge is -2.41. The Balaban J connectivity index is 1.24. The van der Waals surface area contributed by atoms with E-state index in [4.69, 9.17) is 16.6 Å². The van der Waals surface area contributed by atoms with E-state index in [1.54, 1.807) is 4.90 Å². The lowest BCUT2D eigenvalue weighted by Crippen LogP contribution is -2.56. The summed E-state index contributed by atoms with van der Waals surface area (Å²) in [7, 11) is 0. The van der Waals surface area contributed by atoms with Crippen LogP contribution < -0.4 is 0 Å². The second-order valence-electron chi connectivity index (χ2n) is 10.00. The van der Waals surface area contributed by atoms with Gasteiger partial charge in [0.1, 0.15) is 17.3 Å². The maximum atomic E-state index is 13.4. The molecule has 1 N–H and O–H groups in total. The van der Waals surface area contributed by atoms with Crippen LogP contribution in [0, 0.1) is 0 Å². The van der Waals surface area contributed by atoms with Crippen LogP contribution in [0.1, 0.15) is 84.8 Å². The number of nitrogens with zero attached hydrogens (tertiary/aromatic N) is 4. The molecule has 6 rings (SSSR count). The fraction of sp³-hybridized carbons (Fsp3) is 0.625. The number of fused-ring (bicyclic) bond motifs is 1. The van der Waals surface area contributed by atoms with E-state index < -0.39 is 0 Å². The zero-order chi connectivity index (χ0) is 22.0. The van der Waals surface area contributed by atoms with Crippen molar-refractivity contribution in [2.45, 2.75) is 75.3 Å². The average Bonchev–Trinajstić information content (AvgIpc) is 3.71. The molecular weight excluding hydrogens is 428 g/mol. The number of aliphatic hydroxyl groups excluding tert-OH is 1. The van der Waals surface area contributed by atoms with E-state index in [2.05, 4.69) is 6.07 Å². The fourth-order valence-corrected chi connectivity index (χ4v) is 5.65. The van der Waals surface area contributed by atoms with E-state index in [1.165, 1.54) is 24.0 Å². The summed E-state index contributed by atoms with van der Waals surface area (Å²) >= 11 is 6.70. The molecule has 0 bridgehead atoms. The average molecular weight is 457 g/mol. The Morgan fingerprint density at radius 3 is 2.41 bits per heavy atom. The number of pyridine rings is 1. The van der Waals surface area contributed by atoms with Crippen LogP contribution in [0.4, 0.5) is 0 Å². The van der Waals surface area contributed by atoms with Gasteiger partial charge in [-0.2, -0.15) is 0 Å². The molecule has 0 radical (unpaired) electrons. The molecule has 0 atom stereocenters. The number of hydrogen-bond donors (Lipinski definition) is 1. The summed E-state index contributed by atoms with van der Waals surface area (Å²) in [6.07, 6.45) is 9.66. The first-order valence-electron chi connectivity index (χ1n) is 12.0. The molecule has 170 valence electrons. The molecule has 1 saturated heterocycles. The number of aliphatic hydroxyl groups is 1. The minimum Gasteiger partial charge on any atom is -0.393 e. The summed E-state index contributed by atoms with van der Waals surface area (Å²) in [6.45, 7) is 1.07. The molecular formula is C24H29ClN4O3. The van der Waals surface area contributed by atoms with Crippen LogP contribution in [0.25, 0.3) is 5.65 Å². The Morgan fingerprint density at radius 1 is 1.03 bits per heavy atom. The van der Waals surface area contributed by atoms with Gasteiger partial charge in [-0.1, -0.05) is 17.7 Å². The Morgan fingerprint density at radius 2 is 1.75 bits per heavy atom. The van der Waals surface area contributed by atoms with Crippen LogP contribution in [0.2, 0.25) is 5.15 Å². The minimum absolute atomic E-state index is 0.0273. The van der Waals surface area contributed by atoms with Crippen molar-refractivity contribution in [2.24, 2.45) is 0 Å². The van der Waals surface area contributed by atoms with Gasteiger partial charge in [0.05, 0.1) is 6.10 Å². The van der Waals surface area contributed by atoms with Gasteiger partial charge in [-0.05, 0) is 74.3 Å². The van der Waals surface area contributed by atoms with E-state index in [9.17, 15) is 14.7 Å². The Kier molecular flexibility index (Phi) is 4.95. The van der Waals surface area contributed by atoms with E-state index in [0.717, 1.165) is 44.2 Å². The summed E-state index contributed by atoms with van der Waals surface area (Å²) in [4.78, 5) is 34.4. The monoisotopic (exact) mass is 456 g/mol. The number of piperazine rings is 1. The highest BCUT2D eigenvalue weighted by Crippen LogP contribution is 2.46. The third-order valence-electron chi connectivity index (χ3n) is 7.63. The molecule has 2 amide bonds. The summed E-state index contributed by atoms with van der Waals surface area (Å²) in [5, 5.41) is 10.1. The van der Waals surface area contributed by atoms with Gasteiger partial charge in [0.15, 0.2) is 5.69 Å². The molecule has 1 aliphatic heterocycles. The molecule has 4 aliphatic rings. The highest BCUT2D eigenvalue weighted by atomic mass is 35.5. The SMILES string of the molecule is O=C(c1nc2c(C3CC3)cc(C3CC3)cn2c1Cl)N1CCN(C2CCC(O)CC2)C(=O)C1. The molecule has 4 fully saturated rings. The molecule has 2 aromatic rings. The van der Waals surface area contributed by atoms with Gasteiger partial charge >= 0.3 is 0 Å². The molecule has 0 aromatic carbocycles. The zero-order valence-corrected chi connectivity index (χ0v) is 18.9. The van der Waals surface area contributed by atoms with Crippen molar-refractivity contribution in [2.75, 3.05) is 19.6 Å². The maximum Gasteiger partial charge on any atom is 0.276 e. The van der Waals surface area contributed by atoms with Crippen molar-refractivity contribution < 1.29 is 14.7 Å². The predicted molar refractivity (Wildman–Crippen MR) is 120 cm³/mol. The number of amides is 2. The molecule has 0 unspecified atom stereocenters. The number of rotatable bonds is 4. The number of halogens is 1. The number of carbonyl (C=O) groups is 2.